The number of halogens is 1. The van der Waals surface area contributed by atoms with Crippen LogP contribution in [0, 0.1) is 5.82 Å². The smallest absolute Gasteiger partial charge is 0.269 e. The number of benzene rings is 2. The molecule has 2 aromatic carbocycles. The van der Waals surface area contributed by atoms with Crippen LogP contribution in [0.4, 0.5) is 4.39 Å². The molecule has 0 saturated carbocycles. The van der Waals surface area contributed by atoms with Crippen LogP contribution < -0.4 is 5.32 Å². The fourth-order valence-corrected chi connectivity index (χ4v) is 3.68. The summed E-state index contributed by atoms with van der Waals surface area (Å²) in [7, 11) is 0. The number of aromatic nitrogens is 2. The highest BCUT2D eigenvalue weighted by molar-refractivity contribution is 5.93. The Labute approximate surface area is 163 Å². The zero-order valence-electron chi connectivity index (χ0n) is 15.6. The maximum atomic E-state index is 13.1. The molecule has 6 heteroatoms. The lowest BCUT2D eigenvalue weighted by Gasteiger charge is -2.28. The Balaban J connectivity index is 1.44. The van der Waals surface area contributed by atoms with Crippen molar-refractivity contribution in [2.24, 2.45) is 0 Å². The number of amides is 1. The Morgan fingerprint density at radius 3 is 2.54 bits per heavy atom. The van der Waals surface area contributed by atoms with Crippen LogP contribution in [0.3, 0.4) is 0 Å². The van der Waals surface area contributed by atoms with E-state index >= 15 is 0 Å². The summed E-state index contributed by atoms with van der Waals surface area (Å²) < 4.78 is 13.1. The number of nitrogens with one attached hydrogen (secondary N) is 2. The summed E-state index contributed by atoms with van der Waals surface area (Å²) >= 11 is 0. The van der Waals surface area contributed by atoms with Crippen LogP contribution in [0.1, 0.15) is 34.9 Å². The van der Waals surface area contributed by atoms with Gasteiger partial charge < -0.3 is 5.32 Å². The van der Waals surface area contributed by atoms with Crippen molar-refractivity contribution in [3.8, 4) is 11.3 Å². The summed E-state index contributed by atoms with van der Waals surface area (Å²) in [4.78, 5) is 15.1. The van der Waals surface area contributed by atoms with Gasteiger partial charge in [0.05, 0.1) is 11.7 Å². The number of nitrogens with zero attached hydrogens (tertiary/aromatic N) is 2. The van der Waals surface area contributed by atoms with Gasteiger partial charge in [-0.25, -0.2) is 4.39 Å². The predicted octanol–water partition coefficient (Wildman–Crippen LogP) is 3.78. The van der Waals surface area contributed by atoms with Crippen LogP contribution in [-0.4, -0.2) is 40.6 Å². The molecule has 0 spiro atoms. The van der Waals surface area contributed by atoms with Crippen molar-refractivity contribution in [2.75, 3.05) is 19.6 Å². The molecule has 144 valence electrons. The highest BCUT2D eigenvalue weighted by Crippen LogP contribution is 2.24. The molecule has 3 aromatic rings. The van der Waals surface area contributed by atoms with E-state index in [9.17, 15) is 9.18 Å². The maximum absolute atomic E-state index is 13.1. The number of aromatic amines is 1. The van der Waals surface area contributed by atoms with Gasteiger partial charge in [0.25, 0.3) is 5.91 Å². The molecule has 2 heterocycles. The lowest BCUT2D eigenvalue weighted by molar-refractivity contribution is 0.0933. The van der Waals surface area contributed by atoms with Gasteiger partial charge in [0.15, 0.2) is 0 Å². The SMILES string of the molecule is O=C(NCC(c1ccccc1)N1CCCC1)c1cc(-c2ccc(F)cc2)n[nH]1. The number of likely N-dealkylation sites (tertiary alicyclic amines) is 1. The van der Waals surface area contributed by atoms with Gasteiger partial charge in [-0.3, -0.25) is 14.8 Å². The van der Waals surface area contributed by atoms with Crippen molar-refractivity contribution in [1.29, 1.82) is 0 Å². The molecular formula is C22H23FN4O. The molecule has 0 aliphatic carbocycles. The number of hydrogen-bond acceptors (Lipinski definition) is 3. The molecule has 5 nitrogen and oxygen atoms in total. The highest BCUT2D eigenvalue weighted by Gasteiger charge is 2.24. The Morgan fingerprint density at radius 2 is 1.82 bits per heavy atom. The number of carbonyl (C=O) groups is 1. The van der Waals surface area contributed by atoms with Crippen LogP contribution >= 0.6 is 0 Å². The molecule has 1 aliphatic rings. The molecule has 1 aliphatic heterocycles. The van der Waals surface area contributed by atoms with Gasteiger partial charge in [0, 0.05) is 12.1 Å². The van der Waals surface area contributed by atoms with Crippen molar-refractivity contribution in [3.63, 3.8) is 0 Å². The van der Waals surface area contributed by atoms with Crippen LogP contribution in [0.2, 0.25) is 0 Å². The third-order valence-electron chi connectivity index (χ3n) is 5.18. The number of hydrogen-bond donors (Lipinski definition) is 2. The number of H-pyrrole nitrogens is 1. The quantitative estimate of drug-likeness (QED) is 0.686. The first kappa shape index (κ1) is 18.4. The third kappa shape index (κ3) is 4.12. The Kier molecular flexibility index (Phi) is 5.48. The van der Waals surface area contributed by atoms with Crippen molar-refractivity contribution in [2.45, 2.75) is 18.9 Å². The minimum Gasteiger partial charge on any atom is -0.349 e. The molecule has 1 saturated heterocycles. The predicted molar refractivity (Wildman–Crippen MR) is 106 cm³/mol. The van der Waals surface area contributed by atoms with E-state index in [0.29, 0.717) is 17.9 Å². The van der Waals surface area contributed by atoms with Crippen molar-refractivity contribution < 1.29 is 9.18 Å². The standard InChI is InChI=1S/C22H23FN4O/c23-18-10-8-16(9-11-18)19-14-20(26-25-19)22(28)24-15-21(27-12-4-5-13-27)17-6-2-1-3-7-17/h1-3,6-11,14,21H,4-5,12-13,15H2,(H,24,28)(H,25,26). The molecule has 4 rings (SSSR count). The van der Waals surface area contributed by atoms with Gasteiger partial charge in [-0.1, -0.05) is 30.3 Å². The summed E-state index contributed by atoms with van der Waals surface area (Å²) in [5.41, 5.74) is 2.98. The molecule has 0 bridgehead atoms. The summed E-state index contributed by atoms with van der Waals surface area (Å²) in [6.07, 6.45) is 2.39. The summed E-state index contributed by atoms with van der Waals surface area (Å²) in [5.74, 6) is -0.493. The zero-order valence-corrected chi connectivity index (χ0v) is 15.6. The van der Waals surface area contributed by atoms with Crippen LogP contribution in [0.25, 0.3) is 11.3 Å². The second-order valence-electron chi connectivity index (χ2n) is 7.05. The van der Waals surface area contributed by atoms with Crippen molar-refractivity contribution in [3.05, 3.63) is 77.7 Å². The van der Waals surface area contributed by atoms with E-state index in [0.717, 1.165) is 18.7 Å². The van der Waals surface area contributed by atoms with E-state index in [4.69, 9.17) is 0 Å². The second kappa shape index (κ2) is 8.35. The van der Waals surface area contributed by atoms with E-state index < -0.39 is 0 Å². The molecular weight excluding hydrogens is 355 g/mol. The monoisotopic (exact) mass is 378 g/mol. The van der Waals surface area contributed by atoms with Crippen LogP contribution in [-0.2, 0) is 0 Å². The van der Waals surface area contributed by atoms with Gasteiger partial charge in [-0.15, -0.1) is 0 Å². The Bertz CT molecular complexity index is 917. The van der Waals surface area contributed by atoms with Crippen LogP contribution in [0.5, 0.6) is 0 Å². The minimum absolute atomic E-state index is 0.159. The molecule has 1 aromatic heterocycles. The van der Waals surface area contributed by atoms with Gasteiger partial charge in [-0.05, 0) is 61.8 Å². The highest BCUT2D eigenvalue weighted by atomic mass is 19.1. The van der Waals surface area contributed by atoms with E-state index in [2.05, 4.69) is 32.5 Å². The fourth-order valence-electron chi connectivity index (χ4n) is 3.68. The normalized spacial score (nSPS) is 15.5. The molecule has 28 heavy (non-hydrogen) atoms. The molecule has 1 fully saturated rings. The first-order valence-electron chi connectivity index (χ1n) is 9.59. The molecule has 1 atom stereocenters. The van der Waals surface area contributed by atoms with E-state index in [-0.39, 0.29) is 17.8 Å². The van der Waals surface area contributed by atoms with E-state index in [1.54, 1.807) is 18.2 Å². The zero-order chi connectivity index (χ0) is 19.3. The molecule has 2 N–H and O–H groups in total. The molecule has 1 amide bonds. The lowest BCUT2D eigenvalue weighted by atomic mass is 10.1. The van der Waals surface area contributed by atoms with Crippen LogP contribution in [0.15, 0.2) is 60.7 Å². The summed E-state index contributed by atoms with van der Waals surface area (Å²) in [6, 6.07) is 18.2. The van der Waals surface area contributed by atoms with Gasteiger partial charge >= 0.3 is 0 Å². The van der Waals surface area contributed by atoms with Crippen molar-refractivity contribution >= 4 is 5.91 Å². The van der Waals surface area contributed by atoms with E-state index in [1.165, 1.54) is 30.5 Å². The Hall–Kier alpha value is -2.99. The number of rotatable bonds is 6. The molecule has 1 unspecified atom stereocenters. The molecule has 0 radical (unpaired) electrons. The van der Waals surface area contributed by atoms with Gasteiger partial charge in [0.1, 0.15) is 11.5 Å². The average molecular weight is 378 g/mol. The fraction of sp³-hybridized carbons (Fsp3) is 0.273. The summed E-state index contributed by atoms with van der Waals surface area (Å²) in [5, 5.41) is 10.00. The first-order chi connectivity index (χ1) is 13.7. The second-order valence-corrected chi connectivity index (χ2v) is 7.05. The summed E-state index contributed by atoms with van der Waals surface area (Å²) in [6.45, 7) is 2.64. The van der Waals surface area contributed by atoms with Crippen molar-refractivity contribution in [1.82, 2.24) is 20.4 Å². The van der Waals surface area contributed by atoms with Gasteiger partial charge in [-0.2, -0.15) is 5.10 Å². The Morgan fingerprint density at radius 1 is 1.11 bits per heavy atom. The first-order valence-corrected chi connectivity index (χ1v) is 9.59. The number of carbonyl (C=O) groups excluding carboxylic acids is 1. The minimum atomic E-state index is -0.300. The van der Waals surface area contributed by atoms with Gasteiger partial charge in [0.2, 0.25) is 0 Å². The topological polar surface area (TPSA) is 61.0 Å². The van der Waals surface area contributed by atoms with E-state index in [1.807, 2.05) is 18.2 Å². The maximum Gasteiger partial charge on any atom is 0.269 e. The third-order valence-corrected chi connectivity index (χ3v) is 5.18. The largest absolute Gasteiger partial charge is 0.349 e. The lowest BCUT2D eigenvalue weighted by Crippen LogP contribution is -2.36. The average Bonchev–Trinajstić information content (AvgIpc) is 3.42.